The Morgan fingerprint density at radius 2 is 1.74 bits per heavy atom. The summed E-state index contributed by atoms with van der Waals surface area (Å²) in [6, 6.07) is 12.3. The second kappa shape index (κ2) is 12.1. The van der Waals surface area contributed by atoms with Crippen molar-refractivity contribution < 1.29 is 28.2 Å². The number of imide groups is 2. The minimum Gasteiger partial charge on any atom is -0.490 e. The molecule has 4 amide bonds. The van der Waals surface area contributed by atoms with Crippen LogP contribution in [0.5, 0.6) is 11.5 Å². The topological polar surface area (TPSA) is 84.9 Å². The van der Waals surface area contributed by atoms with Gasteiger partial charge in [-0.2, -0.15) is 0 Å². The van der Waals surface area contributed by atoms with E-state index in [1.807, 2.05) is 6.92 Å². The first-order valence-corrected chi connectivity index (χ1v) is 12.6. The summed E-state index contributed by atoms with van der Waals surface area (Å²) in [6.45, 7) is 6.07. The maximum Gasteiger partial charge on any atom is 0.335 e. The summed E-state index contributed by atoms with van der Waals surface area (Å²) >= 11 is 12.3. The second-order valence-electron chi connectivity index (χ2n) is 8.39. The monoisotopic (exact) mass is 568 g/mol. The van der Waals surface area contributed by atoms with Gasteiger partial charge in [0, 0.05) is 21.2 Å². The smallest absolute Gasteiger partial charge is 0.335 e. The van der Waals surface area contributed by atoms with Gasteiger partial charge in [0.1, 0.15) is 18.0 Å². The number of anilines is 1. The second-order valence-corrected chi connectivity index (χ2v) is 9.24. The summed E-state index contributed by atoms with van der Waals surface area (Å²) in [5.41, 5.74) is 1.69. The summed E-state index contributed by atoms with van der Waals surface area (Å²) in [7, 11) is 0. The van der Waals surface area contributed by atoms with Crippen molar-refractivity contribution in [1.82, 2.24) is 5.32 Å². The Morgan fingerprint density at radius 1 is 1.00 bits per heavy atom. The molecule has 1 N–H and O–H groups in total. The molecular weight excluding hydrogens is 546 g/mol. The maximum absolute atomic E-state index is 13.4. The van der Waals surface area contributed by atoms with E-state index in [9.17, 15) is 18.8 Å². The molecule has 0 aromatic heterocycles. The van der Waals surface area contributed by atoms with Crippen LogP contribution in [-0.4, -0.2) is 24.5 Å². The zero-order chi connectivity index (χ0) is 28.1. The number of carbonyl (C=O) groups is 3. The first-order chi connectivity index (χ1) is 18.7. The van der Waals surface area contributed by atoms with Crippen LogP contribution in [0.2, 0.25) is 10.0 Å². The number of hydrogen-bond acceptors (Lipinski definition) is 5. The number of hydrogen-bond donors (Lipinski definition) is 1. The summed E-state index contributed by atoms with van der Waals surface area (Å²) in [5, 5.41) is 3.11. The molecule has 0 atom stereocenters. The Balaban J connectivity index is 1.72. The lowest BCUT2D eigenvalue weighted by Gasteiger charge is -2.26. The van der Waals surface area contributed by atoms with E-state index in [0.717, 1.165) is 17.0 Å². The molecule has 7 nitrogen and oxygen atoms in total. The lowest BCUT2D eigenvalue weighted by Crippen LogP contribution is -2.54. The largest absolute Gasteiger partial charge is 0.490 e. The van der Waals surface area contributed by atoms with Crippen LogP contribution in [0.15, 0.2) is 72.8 Å². The van der Waals surface area contributed by atoms with Crippen molar-refractivity contribution >= 4 is 52.8 Å². The molecule has 0 saturated carbocycles. The number of nitrogens with zero attached hydrogens (tertiary/aromatic N) is 1. The van der Waals surface area contributed by atoms with Crippen molar-refractivity contribution in [2.75, 3.05) is 11.5 Å². The Bertz CT molecular complexity index is 1490. The van der Waals surface area contributed by atoms with E-state index in [4.69, 9.17) is 32.7 Å². The Labute approximate surface area is 234 Å². The molecule has 4 rings (SSSR count). The summed E-state index contributed by atoms with van der Waals surface area (Å²) in [6.07, 6.45) is 3.42. The predicted octanol–water partition coefficient (Wildman–Crippen LogP) is 6.51. The lowest BCUT2D eigenvalue weighted by atomic mass is 10.0. The summed E-state index contributed by atoms with van der Waals surface area (Å²) in [4.78, 5) is 39.1. The number of halogens is 3. The van der Waals surface area contributed by atoms with E-state index in [1.165, 1.54) is 18.2 Å². The van der Waals surface area contributed by atoms with Crippen LogP contribution in [0, 0.1) is 5.82 Å². The van der Waals surface area contributed by atoms with Crippen molar-refractivity contribution in [1.29, 1.82) is 0 Å². The molecule has 3 aromatic rings. The molecule has 0 aliphatic carbocycles. The summed E-state index contributed by atoms with van der Waals surface area (Å²) < 4.78 is 25.3. The van der Waals surface area contributed by atoms with Crippen LogP contribution < -0.4 is 19.7 Å². The molecule has 1 fully saturated rings. The zero-order valence-electron chi connectivity index (χ0n) is 20.8. The van der Waals surface area contributed by atoms with Gasteiger partial charge < -0.3 is 9.47 Å². The van der Waals surface area contributed by atoms with Gasteiger partial charge in [0.2, 0.25) is 0 Å². The number of nitrogens with one attached hydrogen (secondary N) is 1. The van der Waals surface area contributed by atoms with Gasteiger partial charge in [-0.05, 0) is 73.5 Å². The maximum atomic E-state index is 13.4. The Hall–Kier alpha value is -4.14. The number of rotatable bonds is 9. The number of allylic oxidation sites excluding steroid dienone is 1. The van der Waals surface area contributed by atoms with Crippen LogP contribution in [0.25, 0.3) is 6.08 Å². The number of barbiturate groups is 1. The average molecular weight is 569 g/mol. The quantitative estimate of drug-likeness (QED) is 0.181. The normalized spacial score (nSPS) is 14.4. The van der Waals surface area contributed by atoms with Crippen molar-refractivity contribution in [3.63, 3.8) is 0 Å². The van der Waals surface area contributed by atoms with E-state index < -0.39 is 23.7 Å². The van der Waals surface area contributed by atoms with E-state index >= 15 is 0 Å². The van der Waals surface area contributed by atoms with Gasteiger partial charge in [0.05, 0.1) is 12.3 Å². The van der Waals surface area contributed by atoms with Crippen LogP contribution in [0.4, 0.5) is 14.9 Å². The van der Waals surface area contributed by atoms with Crippen LogP contribution in [-0.2, 0) is 22.6 Å². The molecule has 200 valence electrons. The number of benzene rings is 3. The fraction of sp³-hybridized carbons (Fsp3) is 0.138. The van der Waals surface area contributed by atoms with Gasteiger partial charge in [0.25, 0.3) is 11.8 Å². The molecule has 3 aromatic carbocycles. The number of carbonyl (C=O) groups excluding carboxylic acids is 3. The standard InChI is InChI=1S/C29H23Cl2FN2O5/c1-3-5-18-12-17(14-25(38-4-2)26(18)39-16-19-6-7-20(30)15-24(19)31)13-23-27(35)33-29(37)34(28(23)36)22-10-8-21(32)9-11-22/h3,6-15H,1,4-5,16H2,2H3,(H,33,35,37)/b23-13+. The predicted molar refractivity (Wildman–Crippen MR) is 148 cm³/mol. The molecule has 39 heavy (non-hydrogen) atoms. The third kappa shape index (κ3) is 6.30. The minimum atomic E-state index is -0.930. The molecule has 10 heteroatoms. The van der Waals surface area contributed by atoms with Crippen molar-refractivity contribution in [3.05, 3.63) is 105 Å². The fourth-order valence-electron chi connectivity index (χ4n) is 3.94. The number of amides is 4. The van der Waals surface area contributed by atoms with Gasteiger partial charge in [-0.1, -0.05) is 35.3 Å². The lowest BCUT2D eigenvalue weighted by molar-refractivity contribution is -0.122. The van der Waals surface area contributed by atoms with E-state index in [2.05, 4.69) is 11.9 Å². The van der Waals surface area contributed by atoms with Gasteiger partial charge >= 0.3 is 6.03 Å². The third-order valence-corrected chi connectivity index (χ3v) is 6.29. The average Bonchev–Trinajstić information content (AvgIpc) is 2.88. The molecule has 0 radical (unpaired) electrons. The molecule has 1 saturated heterocycles. The van der Waals surface area contributed by atoms with Gasteiger partial charge in [-0.25, -0.2) is 14.1 Å². The minimum absolute atomic E-state index is 0.115. The first-order valence-electron chi connectivity index (χ1n) is 11.9. The molecule has 0 unspecified atom stereocenters. The highest BCUT2D eigenvalue weighted by Crippen LogP contribution is 2.36. The van der Waals surface area contributed by atoms with E-state index in [1.54, 1.807) is 36.4 Å². The highest BCUT2D eigenvalue weighted by atomic mass is 35.5. The first kappa shape index (κ1) is 27.9. The van der Waals surface area contributed by atoms with Gasteiger partial charge in [-0.15, -0.1) is 6.58 Å². The molecule has 1 aliphatic rings. The molecule has 1 aliphatic heterocycles. The molecular formula is C29H23Cl2FN2O5. The van der Waals surface area contributed by atoms with Crippen molar-refractivity contribution in [2.24, 2.45) is 0 Å². The van der Waals surface area contributed by atoms with Crippen molar-refractivity contribution in [2.45, 2.75) is 20.0 Å². The number of urea groups is 1. The van der Waals surface area contributed by atoms with Gasteiger partial charge in [0.15, 0.2) is 11.5 Å². The van der Waals surface area contributed by atoms with Crippen LogP contribution in [0.3, 0.4) is 0 Å². The zero-order valence-corrected chi connectivity index (χ0v) is 22.3. The Kier molecular flexibility index (Phi) is 8.69. The van der Waals surface area contributed by atoms with E-state index in [-0.39, 0.29) is 17.9 Å². The van der Waals surface area contributed by atoms with E-state index in [0.29, 0.717) is 51.3 Å². The van der Waals surface area contributed by atoms with Crippen LogP contribution >= 0.6 is 23.2 Å². The number of ether oxygens (including phenoxy) is 2. The Morgan fingerprint density at radius 3 is 2.41 bits per heavy atom. The SMILES string of the molecule is C=CCc1cc(/C=C2\C(=O)NC(=O)N(c3ccc(F)cc3)C2=O)cc(OCC)c1OCc1ccc(Cl)cc1Cl. The highest BCUT2D eigenvalue weighted by Gasteiger charge is 2.37. The molecule has 0 bridgehead atoms. The van der Waals surface area contributed by atoms with Gasteiger partial charge in [-0.3, -0.25) is 14.9 Å². The van der Waals surface area contributed by atoms with Crippen molar-refractivity contribution in [3.8, 4) is 11.5 Å². The highest BCUT2D eigenvalue weighted by molar-refractivity contribution is 6.39. The van der Waals surface area contributed by atoms with Crippen LogP contribution in [0.1, 0.15) is 23.6 Å². The summed E-state index contributed by atoms with van der Waals surface area (Å²) in [5.74, 6) is -1.41. The molecule has 1 heterocycles. The third-order valence-electron chi connectivity index (χ3n) is 5.70. The fourth-order valence-corrected chi connectivity index (χ4v) is 4.40. The molecule has 0 spiro atoms.